The lowest BCUT2D eigenvalue weighted by Crippen LogP contribution is -2.27. The Hall–Kier alpha value is -3.09. The van der Waals surface area contributed by atoms with Gasteiger partial charge in [-0.05, 0) is 31.5 Å². The zero-order valence-electron chi connectivity index (χ0n) is 15.8. The zero-order valence-corrected chi connectivity index (χ0v) is 15.8. The van der Waals surface area contributed by atoms with Crippen LogP contribution in [-0.2, 0) is 24.3 Å². The number of carbonyl (C=O) groups excluding carboxylic acids is 1. The number of rotatable bonds is 6. The molecule has 1 N–H and O–H groups in total. The highest BCUT2D eigenvalue weighted by atomic mass is 19.1. The Balaban J connectivity index is 1.73. The number of para-hydroxylation sites is 1. The first-order valence-corrected chi connectivity index (χ1v) is 9.10. The second-order valence-corrected chi connectivity index (χ2v) is 6.56. The molecule has 0 radical (unpaired) electrons. The van der Waals surface area contributed by atoms with Gasteiger partial charge >= 0.3 is 0 Å². The summed E-state index contributed by atoms with van der Waals surface area (Å²) in [5.74, 6) is -1.13. The van der Waals surface area contributed by atoms with Crippen LogP contribution in [0.4, 0.5) is 8.78 Å². The van der Waals surface area contributed by atoms with Crippen molar-refractivity contribution in [1.29, 1.82) is 0 Å². The summed E-state index contributed by atoms with van der Waals surface area (Å²) in [5, 5.41) is 3.17. The lowest BCUT2D eigenvalue weighted by molar-refractivity contribution is -0.121. The van der Waals surface area contributed by atoms with Gasteiger partial charge in [0, 0.05) is 37.6 Å². The summed E-state index contributed by atoms with van der Waals surface area (Å²) >= 11 is 0. The van der Waals surface area contributed by atoms with Crippen LogP contribution in [-0.4, -0.2) is 15.5 Å². The van der Waals surface area contributed by atoms with Crippen LogP contribution in [0.2, 0.25) is 0 Å². The summed E-state index contributed by atoms with van der Waals surface area (Å²) in [6, 6.07) is 8.68. The molecular weight excluding hydrogens is 364 g/mol. The van der Waals surface area contributed by atoms with Crippen LogP contribution < -0.4 is 10.9 Å². The fourth-order valence-corrected chi connectivity index (χ4v) is 3.12. The van der Waals surface area contributed by atoms with Gasteiger partial charge in [-0.2, -0.15) is 0 Å². The van der Waals surface area contributed by atoms with E-state index in [1.165, 1.54) is 6.07 Å². The number of nitrogens with one attached hydrogen (secondary N) is 1. The lowest BCUT2D eigenvalue weighted by Gasteiger charge is -2.13. The number of carbonyl (C=O) groups is 1. The van der Waals surface area contributed by atoms with E-state index in [4.69, 9.17) is 0 Å². The molecule has 1 aromatic heterocycles. The second-order valence-electron chi connectivity index (χ2n) is 6.56. The molecule has 0 fully saturated rings. The Morgan fingerprint density at radius 1 is 1.21 bits per heavy atom. The number of amides is 1. The van der Waals surface area contributed by atoms with Crippen molar-refractivity contribution < 1.29 is 13.6 Å². The van der Waals surface area contributed by atoms with E-state index in [1.54, 1.807) is 10.6 Å². The minimum absolute atomic E-state index is 0.0320. The first-order valence-electron chi connectivity index (χ1n) is 9.10. The summed E-state index contributed by atoms with van der Waals surface area (Å²) in [6.45, 7) is 4.16. The lowest BCUT2D eigenvalue weighted by atomic mass is 10.1. The molecule has 0 unspecified atom stereocenters. The molecule has 0 aliphatic heterocycles. The second kappa shape index (κ2) is 8.29. The average molecular weight is 385 g/mol. The molecule has 1 heterocycles. The summed E-state index contributed by atoms with van der Waals surface area (Å²) in [4.78, 5) is 29.5. The number of hydrogen-bond acceptors (Lipinski definition) is 3. The van der Waals surface area contributed by atoms with Crippen molar-refractivity contribution in [2.75, 3.05) is 0 Å². The van der Waals surface area contributed by atoms with E-state index < -0.39 is 11.6 Å². The van der Waals surface area contributed by atoms with Crippen molar-refractivity contribution in [3.63, 3.8) is 0 Å². The van der Waals surface area contributed by atoms with Crippen LogP contribution >= 0.6 is 0 Å². The van der Waals surface area contributed by atoms with Gasteiger partial charge in [-0.3, -0.25) is 14.2 Å². The first-order chi connectivity index (χ1) is 13.4. The minimum Gasteiger partial charge on any atom is -0.352 e. The Morgan fingerprint density at radius 2 is 2.00 bits per heavy atom. The topological polar surface area (TPSA) is 64.0 Å². The highest BCUT2D eigenvalue weighted by Crippen LogP contribution is 2.14. The van der Waals surface area contributed by atoms with Gasteiger partial charge in [-0.15, -0.1) is 0 Å². The van der Waals surface area contributed by atoms with Crippen LogP contribution in [0, 0.1) is 18.6 Å². The van der Waals surface area contributed by atoms with E-state index >= 15 is 0 Å². The van der Waals surface area contributed by atoms with Crippen molar-refractivity contribution in [2.45, 2.75) is 39.8 Å². The van der Waals surface area contributed by atoms with Crippen molar-refractivity contribution in [1.82, 2.24) is 14.9 Å². The number of nitrogens with zero attached hydrogens (tertiary/aromatic N) is 2. The fraction of sp³-hybridized carbons (Fsp3) is 0.286. The van der Waals surface area contributed by atoms with Crippen LogP contribution in [0.25, 0.3) is 10.9 Å². The molecule has 0 aliphatic rings. The van der Waals surface area contributed by atoms with Crippen LogP contribution in [0.3, 0.4) is 0 Å². The van der Waals surface area contributed by atoms with E-state index in [1.807, 2.05) is 26.0 Å². The van der Waals surface area contributed by atoms with Gasteiger partial charge in [0.1, 0.15) is 17.5 Å². The monoisotopic (exact) mass is 385 g/mol. The van der Waals surface area contributed by atoms with Crippen molar-refractivity contribution >= 4 is 16.8 Å². The molecule has 5 nitrogen and oxygen atoms in total. The molecule has 0 saturated carbocycles. The van der Waals surface area contributed by atoms with Gasteiger partial charge < -0.3 is 5.32 Å². The molecule has 7 heteroatoms. The SMILES string of the molecule is CCn1c(CCC(=O)NCc2ccc(F)cc2F)nc2c(C)cccc2c1=O. The van der Waals surface area contributed by atoms with Crippen molar-refractivity contribution in [3.05, 3.63) is 75.3 Å². The minimum atomic E-state index is -0.702. The van der Waals surface area contributed by atoms with Crippen LogP contribution in [0.15, 0.2) is 41.2 Å². The number of aromatic nitrogens is 2. The number of halogens is 2. The van der Waals surface area contributed by atoms with E-state index in [0.717, 1.165) is 17.7 Å². The fourth-order valence-electron chi connectivity index (χ4n) is 3.12. The molecule has 0 saturated heterocycles. The Bertz CT molecular complexity index is 1090. The van der Waals surface area contributed by atoms with Gasteiger partial charge in [0.25, 0.3) is 5.56 Å². The molecule has 146 valence electrons. The summed E-state index contributed by atoms with van der Waals surface area (Å²) in [7, 11) is 0. The molecular formula is C21H21F2N3O2. The number of fused-ring (bicyclic) bond motifs is 1. The molecule has 0 aliphatic carbocycles. The van der Waals surface area contributed by atoms with Crippen molar-refractivity contribution in [2.24, 2.45) is 0 Å². The third-order valence-electron chi connectivity index (χ3n) is 4.65. The van der Waals surface area contributed by atoms with Crippen LogP contribution in [0.1, 0.15) is 30.3 Å². The largest absolute Gasteiger partial charge is 0.352 e. The maximum atomic E-state index is 13.6. The molecule has 1 amide bonds. The smallest absolute Gasteiger partial charge is 0.261 e. The normalized spacial score (nSPS) is 11.0. The van der Waals surface area contributed by atoms with Gasteiger partial charge in [-0.1, -0.05) is 18.2 Å². The average Bonchev–Trinajstić information content (AvgIpc) is 2.66. The highest BCUT2D eigenvalue weighted by Gasteiger charge is 2.13. The third-order valence-corrected chi connectivity index (χ3v) is 4.65. The molecule has 3 aromatic rings. The first kappa shape index (κ1) is 19.7. The van der Waals surface area contributed by atoms with E-state index in [2.05, 4.69) is 10.3 Å². The molecule has 3 rings (SSSR count). The summed E-state index contributed by atoms with van der Waals surface area (Å²) in [6.07, 6.45) is 0.387. The highest BCUT2D eigenvalue weighted by molar-refractivity contribution is 5.81. The summed E-state index contributed by atoms with van der Waals surface area (Å²) < 4.78 is 28.1. The molecule has 28 heavy (non-hydrogen) atoms. The Morgan fingerprint density at radius 3 is 2.71 bits per heavy atom. The maximum Gasteiger partial charge on any atom is 0.261 e. The van der Waals surface area contributed by atoms with Gasteiger partial charge in [0.2, 0.25) is 5.91 Å². The van der Waals surface area contributed by atoms with Gasteiger partial charge in [-0.25, -0.2) is 13.8 Å². The molecule has 0 atom stereocenters. The predicted octanol–water partition coefficient (Wildman–Crippen LogP) is 3.25. The van der Waals surface area contributed by atoms with Crippen molar-refractivity contribution in [3.8, 4) is 0 Å². The Labute approximate surface area is 161 Å². The van der Waals surface area contributed by atoms with Gasteiger partial charge in [0.15, 0.2) is 0 Å². The maximum absolute atomic E-state index is 13.6. The predicted molar refractivity (Wildman–Crippen MR) is 103 cm³/mol. The summed E-state index contributed by atoms with van der Waals surface area (Å²) in [5.41, 5.74) is 1.62. The quantitative estimate of drug-likeness (QED) is 0.708. The molecule has 0 spiro atoms. The van der Waals surface area contributed by atoms with Crippen LogP contribution in [0.5, 0.6) is 0 Å². The van der Waals surface area contributed by atoms with E-state index in [9.17, 15) is 18.4 Å². The standard InChI is InChI=1S/C21H21F2N3O2/c1-3-26-18(25-20-13(2)5-4-6-16(20)21(26)28)9-10-19(27)24-12-14-7-8-15(22)11-17(14)23/h4-8,11H,3,9-10,12H2,1-2H3,(H,24,27). The number of aryl methyl sites for hydroxylation is 2. The molecule has 2 aromatic carbocycles. The third kappa shape index (κ3) is 4.08. The molecule has 0 bridgehead atoms. The zero-order chi connectivity index (χ0) is 20.3. The Kier molecular flexibility index (Phi) is 5.82. The van der Waals surface area contributed by atoms with Gasteiger partial charge in [0.05, 0.1) is 10.9 Å². The number of benzene rings is 2. The van der Waals surface area contributed by atoms with E-state index in [0.29, 0.717) is 23.3 Å². The number of hydrogen-bond donors (Lipinski definition) is 1. The van der Waals surface area contributed by atoms with E-state index in [-0.39, 0.29) is 36.4 Å².